The lowest BCUT2D eigenvalue weighted by atomic mass is 10.2. The van der Waals surface area contributed by atoms with Gasteiger partial charge in [0.2, 0.25) is 5.91 Å². The van der Waals surface area contributed by atoms with E-state index < -0.39 is 10.0 Å². The maximum atomic E-state index is 12.9. The second-order valence-corrected chi connectivity index (χ2v) is 10.3. The molecule has 2 N–H and O–H groups in total. The van der Waals surface area contributed by atoms with Crippen LogP contribution in [-0.2, 0) is 14.8 Å². The van der Waals surface area contributed by atoms with Crippen molar-refractivity contribution in [1.29, 1.82) is 0 Å². The standard InChI is InChI=1S/C24H24N2O5S2/c1-16-4-3-5-19(12-16)26-33(28,29)23-13-18(7-6-17(23)2)25-24(27)15-32-20-8-9-21-22(14-20)31-11-10-30-21/h3-9,12-14,26H,10-11,15H2,1-2H3,(H,25,27). The van der Waals surface area contributed by atoms with Crippen LogP contribution < -0.4 is 19.5 Å². The molecule has 0 radical (unpaired) electrons. The maximum absolute atomic E-state index is 12.9. The number of fused-ring (bicyclic) bond motifs is 1. The summed E-state index contributed by atoms with van der Waals surface area (Å²) in [6, 6.07) is 17.5. The Labute approximate surface area is 197 Å². The summed E-state index contributed by atoms with van der Waals surface area (Å²) in [5, 5.41) is 2.78. The third-order valence-electron chi connectivity index (χ3n) is 4.92. The summed E-state index contributed by atoms with van der Waals surface area (Å²) in [5.41, 5.74) is 2.43. The first-order chi connectivity index (χ1) is 15.8. The van der Waals surface area contributed by atoms with Crippen molar-refractivity contribution < 1.29 is 22.7 Å². The Bertz CT molecular complexity index is 1290. The normalized spacial score (nSPS) is 12.8. The lowest BCUT2D eigenvalue weighted by Gasteiger charge is -2.18. The van der Waals surface area contributed by atoms with Crippen molar-refractivity contribution in [1.82, 2.24) is 0 Å². The summed E-state index contributed by atoms with van der Waals surface area (Å²) in [6.07, 6.45) is 0. The Morgan fingerprint density at radius 2 is 1.73 bits per heavy atom. The molecule has 0 aliphatic carbocycles. The van der Waals surface area contributed by atoms with Crippen LogP contribution in [-0.4, -0.2) is 33.3 Å². The summed E-state index contributed by atoms with van der Waals surface area (Å²) in [4.78, 5) is 13.5. The average Bonchev–Trinajstić information content (AvgIpc) is 2.78. The van der Waals surface area contributed by atoms with Gasteiger partial charge in [0.1, 0.15) is 13.2 Å². The maximum Gasteiger partial charge on any atom is 0.262 e. The molecule has 0 unspecified atom stereocenters. The Balaban J connectivity index is 1.42. The number of hydrogen-bond donors (Lipinski definition) is 2. The molecule has 3 aromatic carbocycles. The molecule has 1 aliphatic rings. The van der Waals surface area contributed by atoms with Crippen molar-refractivity contribution in [2.45, 2.75) is 23.6 Å². The van der Waals surface area contributed by atoms with Gasteiger partial charge >= 0.3 is 0 Å². The van der Waals surface area contributed by atoms with Crippen molar-refractivity contribution >= 4 is 39.1 Å². The lowest BCUT2D eigenvalue weighted by molar-refractivity contribution is -0.113. The van der Waals surface area contributed by atoms with Crippen LogP contribution in [0.1, 0.15) is 11.1 Å². The van der Waals surface area contributed by atoms with Crippen LogP contribution in [0.15, 0.2) is 70.5 Å². The smallest absolute Gasteiger partial charge is 0.262 e. The van der Waals surface area contributed by atoms with E-state index in [2.05, 4.69) is 10.0 Å². The van der Waals surface area contributed by atoms with Gasteiger partial charge in [0, 0.05) is 16.3 Å². The first-order valence-electron chi connectivity index (χ1n) is 10.3. The number of carbonyl (C=O) groups is 1. The fraction of sp³-hybridized carbons (Fsp3) is 0.208. The summed E-state index contributed by atoms with van der Waals surface area (Å²) < 4.78 is 39.6. The van der Waals surface area contributed by atoms with Gasteiger partial charge in [-0.05, 0) is 67.4 Å². The van der Waals surface area contributed by atoms with Crippen LogP contribution in [0.3, 0.4) is 0 Å². The molecule has 172 valence electrons. The third-order valence-corrected chi connectivity index (χ3v) is 7.43. The van der Waals surface area contributed by atoms with Gasteiger partial charge in [-0.2, -0.15) is 0 Å². The number of aryl methyl sites for hydroxylation is 2. The molecule has 1 aliphatic heterocycles. The summed E-state index contributed by atoms with van der Waals surface area (Å²) in [5.74, 6) is 1.29. The second kappa shape index (κ2) is 9.76. The number of sulfonamides is 1. The fourth-order valence-electron chi connectivity index (χ4n) is 3.35. The van der Waals surface area contributed by atoms with E-state index in [0.29, 0.717) is 41.7 Å². The molecule has 3 aromatic rings. The fourth-order valence-corrected chi connectivity index (χ4v) is 5.39. The van der Waals surface area contributed by atoms with Crippen molar-refractivity contribution in [2.75, 3.05) is 29.0 Å². The highest BCUT2D eigenvalue weighted by Crippen LogP contribution is 2.34. The van der Waals surface area contributed by atoms with Gasteiger partial charge in [0.25, 0.3) is 10.0 Å². The molecule has 1 heterocycles. The van der Waals surface area contributed by atoms with Gasteiger partial charge in [-0.1, -0.05) is 18.2 Å². The number of hydrogen-bond acceptors (Lipinski definition) is 6. The zero-order valence-electron chi connectivity index (χ0n) is 18.3. The van der Waals surface area contributed by atoms with Crippen molar-refractivity contribution in [3.05, 3.63) is 71.8 Å². The predicted molar refractivity (Wildman–Crippen MR) is 130 cm³/mol. The summed E-state index contributed by atoms with van der Waals surface area (Å²) in [7, 11) is -3.82. The van der Waals surface area contributed by atoms with E-state index in [-0.39, 0.29) is 16.6 Å². The van der Waals surface area contributed by atoms with E-state index in [1.165, 1.54) is 17.8 Å². The van der Waals surface area contributed by atoms with Gasteiger partial charge in [0.15, 0.2) is 11.5 Å². The molecule has 0 fully saturated rings. The Kier molecular flexibility index (Phi) is 6.80. The van der Waals surface area contributed by atoms with E-state index in [1.54, 1.807) is 37.3 Å². The van der Waals surface area contributed by atoms with Crippen LogP contribution in [0.4, 0.5) is 11.4 Å². The minimum atomic E-state index is -3.82. The van der Waals surface area contributed by atoms with Gasteiger partial charge in [-0.15, -0.1) is 11.8 Å². The second-order valence-electron chi connectivity index (χ2n) is 7.60. The zero-order chi connectivity index (χ0) is 23.4. The van der Waals surface area contributed by atoms with Crippen molar-refractivity contribution in [3.63, 3.8) is 0 Å². The first-order valence-corrected chi connectivity index (χ1v) is 12.8. The summed E-state index contributed by atoms with van der Waals surface area (Å²) >= 11 is 1.36. The van der Waals surface area contributed by atoms with Gasteiger partial charge < -0.3 is 14.8 Å². The van der Waals surface area contributed by atoms with Crippen LogP contribution >= 0.6 is 11.8 Å². The van der Waals surface area contributed by atoms with E-state index >= 15 is 0 Å². The molecule has 1 amide bonds. The van der Waals surface area contributed by atoms with E-state index in [0.717, 1.165) is 10.5 Å². The number of amides is 1. The highest BCUT2D eigenvalue weighted by Gasteiger charge is 2.19. The van der Waals surface area contributed by atoms with Gasteiger partial charge in [0.05, 0.1) is 10.6 Å². The number of thioether (sulfide) groups is 1. The van der Waals surface area contributed by atoms with Crippen molar-refractivity contribution in [3.8, 4) is 11.5 Å². The number of rotatable bonds is 7. The van der Waals surface area contributed by atoms with Crippen LogP contribution in [0.25, 0.3) is 0 Å². The Morgan fingerprint density at radius 3 is 2.52 bits per heavy atom. The SMILES string of the molecule is Cc1cccc(NS(=O)(=O)c2cc(NC(=O)CSc3ccc4c(c3)OCCO4)ccc2C)c1. The molecule has 0 saturated carbocycles. The minimum absolute atomic E-state index is 0.112. The predicted octanol–water partition coefficient (Wildman–Crippen LogP) is 4.61. The van der Waals surface area contributed by atoms with Crippen molar-refractivity contribution in [2.24, 2.45) is 0 Å². The molecule has 0 saturated heterocycles. The monoisotopic (exact) mass is 484 g/mol. The third kappa shape index (κ3) is 5.80. The molecule has 4 rings (SSSR count). The molecule has 0 spiro atoms. The largest absolute Gasteiger partial charge is 0.486 e. The molecule has 9 heteroatoms. The molecule has 0 atom stereocenters. The molecule has 0 bridgehead atoms. The minimum Gasteiger partial charge on any atom is -0.486 e. The number of nitrogens with one attached hydrogen (secondary N) is 2. The van der Waals surface area contributed by atoms with Gasteiger partial charge in [-0.3, -0.25) is 9.52 Å². The number of ether oxygens (including phenoxy) is 2. The van der Waals surface area contributed by atoms with E-state index in [9.17, 15) is 13.2 Å². The lowest BCUT2D eigenvalue weighted by Crippen LogP contribution is -2.17. The molecular weight excluding hydrogens is 460 g/mol. The highest BCUT2D eigenvalue weighted by molar-refractivity contribution is 8.00. The van der Waals surface area contributed by atoms with Crippen LogP contribution in [0.2, 0.25) is 0 Å². The first kappa shape index (κ1) is 23.0. The van der Waals surface area contributed by atoms with Gasteiger partial charge in [-0.25, -0.2) is 8.42 Å². The Hall–Kier alpha value is -3.17. The number of benzene rings is 3. The van der Waals surface area contributed by atoms with Crippen LogP contribution in [0.5, 0.6) is 11.5 Å². The zero-order valence-corrected chi connectivity index (χ0v) is 19.9. The summed E-state index contributed by atoms with van der Waals surface area (Å²) in [6.45, 7) is 4.63. The van der Waals surface area contributed by atoms with E-state index in [1.807, 2.05) is 31.2 Å². The van der Waals surface area contributed by atoms with Crippen LogP contribution in [0, 0.1) is 13.8 Å². The average molecular weight is 485 g/mol. The van der Waals surface area contributed by atoms with E-state index in [4.69, 9.17) is 9.47 Å². The number of anilines is 2. The molecule has 0 aromatic heterocycles. The quantitative estimate of drug-likeness (QED) is 0.476. The highest BCUT2D eigenvalue weighted by atomic mass is 32.2. The topological polar surface area (TPSA) is 93.7 Å². The Morgan fingerprint density at radius 1 is 0.939 bits per heavy atom. The molecule has 7 nitrogen and oxygen atoms in total. The molecule has 33 heavy (non-hydrogen) atoms. The number of carbonyl (C=O) groups excluding carboxylic acids is 1. The molecular formula is C24H24N2O5S2.